The number of esters is 2. The molecule has 4 rings (SSSR count). The van der Waals surface area contributed by atoms with Gasteiger partial charge in [0.25, 0.3) is 0 Å². The molecule has 4 aliphatic carbocycles. The Morgan fingerprint density at radius 3 is 2.38 bits per heavy atom. The summed E-state index contributed by atoms with van der Waals surface area (Å²) >= 11 is 0. The number of hydrogen-bond donors (Lipinski definition) is 0. The summed E-state index contributed by atoms with van der Waals surface area (Å²) in [6.45, 7) is 9.03. The molecule has 0 aromatic carbocycles. The molecule has 4 aliphatic rings. The van der Waals surface area contributed by atoms with E-state index in [1.165, 1.54) is 13.8 Å². The van der Waals surface area contributed by atoms with Crippen molar-refractivity contribution in [3.8, 4) is 0 Å². The highest BCUT2D eigenvalue weighted by Gasteiger charge is 2.71. The number of ketones is 2. The third-order valence-corrected chi connectivity index (χ3v) is 9.92. The topological polar surface area (TPSA) is 86.7 Å². The summed E-state index contributed by atoms with van der Waals surface area (Å²) in [6.07, 6.45) is 5.88. The van der Waals surface area contributed by atoms with Crippen molar-refractivity contribution in [2.75, 3.05) is 0 Å². The normalized spacial score (nSPS) is 45.3. The van der Waals surface area contributed by atoms with Crippen molar-refractivity contribution in [3.05, 3.63) is 0 Å². The molecule has 0 aliphatic heterocycles. The molecule has 0 amide bonds. The molecule has 6 heteroatoms. The van der Waals surface area contributed by atoms with Gasteiger partial charge >= 0.3 is 11.9 Å². The second-order valence-corrected chi connectivity index (χ2v) is 11.3. The maximum atomic E-state index is 13.3. The zero-order chi connectivity index (χ0) is 23.5. The molecule has 4 fully saturated rings. The molecule has 32 heavy (non-hydrogen) atoms. The fraction of sp³-hybridized carbons (Fsp3) is 0.846. The van der Waals surface area contributed by atoms with E-state index in [2.05, 4.69) is 13.8 Å². The van der Waals surface area contributed by atoms with Crippen molar-refractivity contribution in [2.45, 2.75) is 104 Å². The van der Waals surface area contributed by atoms with Gasteiger partial charge in [-0.05, 0) is 61.7 Å². The summed E-state index contributed by atoms with van der Waals surface area (Å²) in [6, 6.07) is 0. The van der Waals surface area contributed by atoms with Crippen LogP contribution in [-0.2, 0) is 28.7 Å². The number of fused-ring (bicyclic) bond motifs is 5. The Morgan fingerprint density at radius 2 is 1.75 bits per heavy atom. The molecule has 0 unspecified atom stereocenters. The van der Waals surface area contributed by atoms with Gasteiger partial charge in [-0.25, -0.2) is 0 Å². The third kappa shape index (κ3) is 3.27. The largest absolute Gasteiger partial charge is 0.462 e. The van der Waals surface area contributed by atoms with Gasteiger partial charge in [-0.15, -0.1) is 0 Å². The van der Waals surface area contributed by atoms with Crippen molar-refractivity contribution in [1.82, 2.24) is 0 Å². The van der Waals surface area contributed by atoms with E-state index < -0.39 is 17.0 Å². The van der Waals surface area contributed by atoms with Gasteiger partial charge in [0.05, 0.1) is 0 Å². The molecule has 0 radical (unpaired) electrons. The quantitative estimate of drug-likeness (QED) is 0.594. The highest BCUT2D eigenvalue weighted by molar-refractivity contribution is 5.91. The Morgan fingerprint density at radius 1 is 1.03 bits per heavy atom. The minimum atomic E-state index is -1.15. The molecule has 0 heterocycles. The molecular weight excluding hydrogens is 408 g/mol. The van der Waals surface area contributed by atoms with Crippen molar-refractivity contribution in [2.24, 2.45) is 34.5 Å². The van der Waals surface area contributed by atoms with Crippen LogP contribution in [0.5, 0.6) is 0 Å². The molecule has 178 valence electrons. The van der Waals surface area contributed by atoms with Gasteiger partial charge in [-0.3, -0.25) is 19.2 Å². The smallest absolute Gasteiger partial charge is 0.303 e. The lowest BCUT2D eigenvalue weighted by Gasteiger charge is -2.62. The predicted octanol–water partition coefficient (Wildman–Crippen LogP) is 4.42. The molecule has 0 saturated heterocycles. The summed E-state index contributed by atoms with van der Waals surface area (Å²) < 4.78 is 11.9. The monoisotopic (exact) mass is 446 g/mol. The van der Waals surface area contributed by atoms with Gasteiger partial charge in [0, 0.05) is 44.4 Å². The maximum Gasteiger partial charge on any atom is 0.303 e. The van der Waals surface area contributed by atoms with Crippen LogP contribution in [0.3, 0.4) is 0 Å². The summed E-state index contributed by atoms with van der Waals surface area (Å²) in [5.41, 5.74) is -1.78. The lowest BCUT2D eigenvalue weighted by molar-refractivity contribution is -0.217. The summed E-state index contributed by atoms with van der Waals surface area (Å²) in [5.74, 6) is 0.581. The zero-order valence-electron chi connectivity index (χ0n) is 20.2. The van der Waals surface area contributed by atoms with Gasteiger partial charge < -0.3 is 9.47 Å². The number of rotatable bonds is 4. The molecule has 0 N–H and O–H groups in total. The molecular formula is C26H38O6. The van der Waals surface area contributed by atoms with E-state index >= 15 is 0 Å². The molecule has 0 aromatic rings. The van der Waals surface area contributed by atoms with E-state index in [0.29, 0.717) is 43.8 Å². The van der Waals surface area contributed by atoms with Crippen LogP contribution in [0.4, 0.5) is 0 Å². The van der Waals surface area contributed by atoms with E-state index in [0.717, 1.165) is 25.7 Å². The summed E-state index contributed by atoms with van der Waals surface area (Å²) in [4.78, 5) is 49.9. The summed E-state index contributed by atoms with van der Waals surface area (Å²) in [5, 5.41) is 0. The molecule has 0 aromatic heterocycles. The van der Waals surface area contributed by atoms with Crippen LogP contribution in [0.15, 0.2) is 0 Å². The first-order valence-corrected chi connectivity index (χ1v) is 12.4. The zero-order valence-corrected chi connectivity index (χ0v) is 20.2. The fourth-order valence-corrected chi connectivity index (χ4v) is 8.66. The van der Waals surface area contributed by atoms with Crippen LogP contribution < -0.4 is 0 Å². The van der Waals surface area contributed by atoms with Crippen molar-refractivity contribution < 1.29 is 28.7 Å². The van der Waals surface area contributed by atoms with Crippen LogP contribution in [0.25, 0.3) is 0 Å². The Bertz CT molecular complexity index is 834. The lowest BCUT2D eigenvalue weighted by atomic mass is 9.43. The minimum Gasteiger partial charge on any atom is -0.462 e. The second kappa shape index (κ2) is 7.95. The minimum absolute atomic E-state index is 0.0270. The molecule has 6 nitrogen and oxygen atoms in total. The standard InChI is InChI=1S/C26H38O6/c1-6-22(30)26(32-16(3)28)12-10-20-19-8-7-17-13-18(29)9-11-24(17,4)23(19)21(31-15(2)27)14-25(20,26)5/h17,19-21,23H,6-14H2,1-5H3/t17-,19-,20-,21-,23+,24-,25-,26-/m0/s1. The van der Waals surface area contributed by atoms with E-state index in [9.17, 15) is 19.2 Å². The molecule has 4 saturated carbocycles. The van der Waals surface area contributed by atoms with Gasteiger partial charge in [-0.1, -0.05) is 20.8 Å². The average molecular weight is 447 g/mol. The van der Waals surface area contributed by atoms with Gasteiger partial charge in [0.1, 0.15) is 11.9 Å². The fourth-order valence-electron chi connectivity index (χ4n) is 8.66. The number of carbonyl (C=O) groups excluding carboxylic acids is 4. The first-order valence-electron chi connectivity index (χ1n) is 12.4. The van der Waals surface area contributed by atoms with Crippen LogP contribution in [0.2, 0.25) is 0 Å². The third-order valence-electron chi connectivity index (χ3n) is 9.92. The predicted molar refractivity (Wildman–Crippen MR) is 117 cm³/mol. The number of hydrogen-bond acceptors (Lipinski definition) is 6. The molecule has 0 bridgehead atoms. The van der Waals surface area contributed by atoms with E-state index in [1.807, 2.05) is 6.92 Å². The number of Topliss-reactive ketones (excluding diaryl/α,β-unsaturated/α-hetero) is 2. The molecule has 0 spiro atoms. The van der Waals surface area contributed by atoms with Crippen LogP contribution in [0, 0.1) is 34.5 Å². The first kappa shape index (κ1) is 23.4. The highest BCUT2D eigenvalue weighted by Crippen LogP contribution is 2.69. The van der Waals surface area contributed by atoms with Crippen molar-refractivity contribution >= 4 is 23.5 Å². The SMILES string of the molecule is CCC(=O)[C@@]1(OC(C)=O)CC[C@H]2[C@@H]3CC[C@H]4CC(=O)CC[C@]4(C)[C@H]3[C@@H](OC(C)=O)C[C@@]21C. The number of carbonyl (C=O) groups is 4. The number of ether oxygens (including phenoxy) is 2. The Labute approximate surface area is 191 Å². The summed E-state index contributed by atoms with van der Waals surface area (Å²) in [7, 11) is 0. The maximum absolute atomic E-state index is 13.3. The van der Waals surface area contributed by atoms with Crippen LogP contribution >= 0.6 is 0 Å². The van der Waals surface area contributed by atoms with Gasteiger partial charge in [0.2, 0.25) is 0 Å². The highest BCUT2D eigenvalue weighted by atomic mass is 16.6. The van der Waals surface area contributed by atoms with Crippen LogP contribution in [-0.4, -0.2) is 35.2 Å². The van der Waals surface area contributed by atoms with E-state index in [4.69, 9.17) is 9.47 Å². The Hall–Kier alpha value is -1.72. The first-order chi connectivity index (χ1) is 15.0. The van der Waals surface area contributed by atoms with Crippen molar-refractivity contribution in [3.63, 3.8) is 0 Å². The Balaban J connectivity index is 1.79. The molecule has 8 atom stereocenters. The van der Waals surface area contributed by atoms with Crippen LogP contribution in [0.1, 0.15) is 92.4 Å². The van der Waals surface area contributed by atoms with E-state index in [1.54, 1.807) is 0 Å². The average Bonchev–Trinajstić information content (AvgIpc) is 2.99. The van der Waals surface area contributed by atoms with Crippen molar-refractivity contribution in [1.29, 1.82) is 0 Å². The lowest BCUT2D eigenvalue weighted by Crippen LogP contribution is -2.64. The van der Waals surface area contributed by atoms with Gasteiger partial charge in [-0.2, -0.15) is 0 Å². The van der Waals surface area contributed by atoms with E-state index in [-0.39, 0.29) is 41.0 Å². The van der Waals surface area contributed by atoms with Gasteiger partial charge in [0.15, 0.2) is 11.4 Å². The second-order valence-electron chi connectivity index (χ2n) is 11.3. The Kier molecular flexibility index (Phi) is 5.82.